The summed E-state index contributed by atoms with van der Waals surface area (Å²) < 4.78 is 11.5. The van der Waals surface area contributed by atoms with Crippen LogP contribution in [0.1, 0.15) is 39.5 Å². The Bertz CT molecular complexity index is 190. The van der Waals surface area contributed by atoms with Gasteiger partial charge in [-0.05, 0) is 32.9 Å². The van der Waals surface area contributed by atoms with Crippen molar-refractivity contribution in [2.24, 2.45) is 0 Å². The molecule has 0 radical (unpaired) electrons. The van der Waals surface area contributed by atoms with Crippen molar-refractivity contribution in [1.29, 1.82) is 0 Å². The summed E-state index contributed by atoms with van der Waals surface area (Å²) in [5, 5.41) is 3.52. The van der Waals surface area contributed by atoms with E-state index in [2.05, 4.69) is 11.6 Å². The Labute approximate surface area is 110 Å². The van der Waals surface area contributed by atoms with E-state index in [4.69, 9.17) is 9.47 Å². The number of hydrogen-bond acceptors (Lipinski definition) is 4. The highest BCUT2D eigenvalue weighted by Gasteiger charge is 2.32. The summed E-state index contributed by atoms with van der Waals surface area (Å²) in [4.78, 5) is 0. The molecule has 0 aliphatic heterocycles. The standard InChI is InChI=1S/C13H27NO2S/c1-4-15-12(16-5-2)10-14-11-13(17-3)8-6-7-9-13/h12,14H,4-11H2,1-3H3. The molecule has 17 heavy (non-hydrogen) atoms. The zero-order chi connectivity index (χ0) is 12.6. The summed E-state index contributed by atoms with van der Waals surface area (Å²) in [5.41, 5.74) is 0. The number of ether oxygens (including phenoxy) is 2. The Morgan fingerprint density at radius 2 is 1.76 bits per heavy atom. The molecule has 0 amide bonds. The van der Waals surface area contributed by atoms with Gasteiger partial charge in [0, 0.05) is 31.1 Å². The second-order valence-corrected chi connectivity index (χ2v) is 5.84. The molecule has 0 saturated heterocycles. The minimum atomic E-state index is -0.0923. The van der Waals surface area contributed by atoms with E-state index < -0.39 is 0 Å². The van der Waals surface area contributed by atoms with Gasteiger partial charge in [0.05, 0.1) is 0 Å². The maximum absolute atomic E-state index is 5.52. The first-order valence-electron chi connectivity index (χ1n) is 6.75. The van der Waals surface area contributed by atoms with Crippen LogP contribution in [0.3, 0.4) is 0 Å². The second-order valence-electron chi connectivity index (χ2n) is 4.57. The van der Waals surface area contributed by atoms with E-state index in [0.717, 1.165) is 13.1 Å². The molecule has 0 heterocycles. The molecule has 0 aromatic rings. The van der Waals surface area contributed by atoms with Crippen LogP contribution in [-0.4, -0.2) is 43.6 Å². The van der Waals surface area contributed by atoms with Crippen LogP contribution in [0.5, 0.6) is 0 Å². The lowest BCUT2D eigenvalue weighted by Crippen LogP contribution is -2.40. The van der Waals surface area contributed by atoms with Crippen LogP contribution in [0.25, 0.3) is 0 Å². The Kier molecular flexibility index (Phi) is 7.51. The lowest BCUT2D eigenvalue weighted by Gasteiger charge is -2.28. The Hall–Kier alpha value is 0.230. The predicted molar refractivity (Wildman–Crippen MR) is 74.6 cm³/mol. The van der Waals surface area contributed by atoms with Gasteiger partial charge in [-0.1, -0.05) is 12.8 Å². The van der Waals surface area contributed by atoms with Gasteiger partial charge in [-0.15, -0.1) is 0 Å². The first kappa shape index (κ1) is 15.3. The summed E-state index contributed by atoms with van der Waals surface area (Å²) in [6.07, 6.45) is 7.58. The molecular weight excluding hydrogens is 234 g/mol. The summed E-state index contributed by atoms with van der Waals surface area (Å²) in [6.45, 7) is 7.30. The van der Waals surface area contributed by atoms with Crippen LogP contribution < -0.4 is 5.32 Å². The van der Waals surface area contributed by atoms with Crippen molar-refractivity contribution >= 4 is 11.8 Å². The monoisotopic (exact) mass is 261 g/mol. The first-order valence-corrected chi connectivity index (χ1v) is 7.98. The lowest BCUT2D eigenvalue weighted by atomic mass is 10.1. The molecule has 1 aliphatic carbocycles. The highest BCUT2D eigenvalue weighted by atomic mass is 32.2. The average molecular weight is 261 g/mol. The highest BCUT2D eigenvalue weighted by molar-refractivity contribution is 8.00. The second kappa shape index (κ2) is 8.35. The topological polar surface area (TPSA) is 30.5 Å². The van der Waals surface area contributed by atoms with Crippen molar-refractivity contribution in [2.75, 3.05) is 32.6 Å². The Balaban J connectivity index is 2.24. The molecule has 0 bridgehead atoms. The van der Waals surface area contributed by atoms with Crippen LogP contribution in [0, 0.1) is 0 Å². The van der Waals surface area contributed by atoms with Gasteiger partial charge in [-0.3, -0.25) is 0 Å². The molecular formula is C13H27NO2S. The molecule has 1 fully saturated rings. The van der Waals surface area contributed by atoms with Crippen LogP contribution in [0.15, 0.2) is 0 Å². The summed E-state index contributed by atoms with van der Waals surface area (Å²) >= 11 is 2.01. The van der Waals surface area contributed by atoms with Crippen molar-refractivity contribution in [3.05, 3.63) is 0 Å². The van der Waals surface area contributed by atoms with E-state index >= 15 is 0 Å². The minimum absolute atomic E-state index is 0.0923. The predicted octanol–water partition coefficient (Wildman–Crippen LogP) is 2.65. The zero-order valence-corrected chi connectivity index (χ0v) is 12.3. The SMILES string of the molecule is CCOC(CNCC1(SC)CCCC1)OCC. The molecule has 0 atom stereocenters. The number of thioether (sulfide) groups is 1. The molecule has 0 aromatic carbocycles. The maximum atomic E-state index is 5.52. The molecule has 0 spiro atoms. The van der Waals surface area contributed by atoms with E-state index in [1.165, 1.54) is 25.7 Å². The fraction of sp³-hybridized carbons (Fsp3) is 1.00. The fourth-order valence-electron chi connectivity index (χ4n) is 2.43. The quantitative estimate of drug-likeness (QED) is 0.646. The minimum Gasteiger partial charge on any atom is -0.352 e. The average Bonchev–Trinajstić information content (AvgIpc) is 2.79. The zero-order valence-electron chi connectivity index (χ0n) is 11.5. The van der Waals surface area contributed by atoms with Gasteiger partial charge < -0.3 is 14.8 Å². The van der Waals surface area contributed by atoms with Crippen molar-refractivity contribution in [3.8, 4) is 0 Å². The Morgan fingerprint density at radius 3 is 2.24 bits per heavy atom. The van der Waals surface area contributed by atoms with E-state index in [0.29, 0.717) is 18.0 Å². The summed E-state index contributed by atoms with van der Waals surface area (Å²) in [6, 6.07) is 0. The van der Waals surface area contributed by atoms with Gasteiger partial charge in [-0.2, -0.15) is 11.8 Å². The third-order valence-corrected chi connectivity index (χ3v) is 4.83. The van der Waals surface area contributed by atoms with Gasteiger partial charge in [0.15, 0.2) is 6.29 Å². The van der Waals surface area contributed by atoms with Gasteiger partial charge in [0.1, 0.15) is 0 Å². The van der Waals surface area contributed by atoms with Gasteiger partial charge in [0.2, 0.25) is 0 Å². The molecule has 1 N–H and O–H groups in total. The van der Waals surface area contributed by atoms with Gasteiger partial charge >= 0.3 is 0 Å². The molecule has 1 rings (SSSR count). The third kappa shape index (κ3) is 5.16. The molecule has 4 heteroatoms. The molecule has 1 saturated carbocycles. The number of rotatable bonds is 9. The van der Waals surface area contributed by atoms with Gasteiger partial charge in [0.25, 0.3) is 0 Å². The molecule has 0 unspecified atom stereocenters. The van der Waals surface area contributed by atoms with Crippen LogP contribution >= 0.6 is 11.8 Å². The van der Waals surface area contributed by atoms with Gasteiger partial charge in [-0.25, -0.2) is 0 Å². The van der Waals surface area contributed by atoms with Crippen LogP contribution in [0.2, 0.25) is 0 Å². The molecule has 1 aliphatic rings. The molecule has 0 aromatic heterocycles. The summed E-state index contributed by atoms with van der Waals surface area (Å²) in [5.74, 6) is 0. The highest BCUT2D eigenvalue weighted by Crippen LogP contribution is 2.39. The summed E-state index contributed by atoms with van der Waals surface area (Å²) in [7, 11) is 0. The van der Waals surface area contributed by atoms with E-state index in [9.17, 15) is 0 Å². The fourth-order valence-corrected chi connectivity index (χ4v) is 3.37. The van der Waals surface area contributed by atoms with Crippen LogP contribution in [0.4, 0.5) is 0 Å². The van der Waals surface area contributed by atoms with E-state index in [1.807, 2.05) is 25.6 Å². The number of hydrogen-bond donors (Lipinski definition) is 1. The van der Waals surface area contributed by atoms with Crippen molar-refractivity contribution in [3.63, 3.8) is 0 Å². The van der Waals surface area contributed by atoms with Crippen LogP contribution in [-0.2, 0) is 9.47 Å². The van der Waals surface area contributed by atoms with E-state index in [-0.39, 0.29) is 6.29 Å². The maximum Gasteiger partial charge on any atom is 0.169 e. The third-order valence-electron chi connectivity index (χ3n) is 3.41. The van der Waals surface area contributed by atoms with E-state index in [1.54, 1.807) is 0 Å². The number of nitrogens with one attached hydrogen (secondary N) is 1. The largest absolute Gasteiger partial charge is 0.352 e. The smallest absolute Gasteiger partial charge is 0.169 e. The van der Waals surface area contributed by atoms with Crippen molar-refractivity contribution in [2.45, 2.75) is 50.6 Å². The van der Waals surface area contributed by atoms with Crippen molar-refractivity contribution in [1.82, 2.24) is 5.32 Å². The lowest BCUT2D eigenvalue weighted by molar-refractivity contribution is -0.132. The first-order chi connectivity index (χ1) is 8.26. The normalized spacial score (nSPS) is 19.1. The molecule has 3 nitrogen and oxygen atoms in total. The Morgan fingerprint density at radius 1 is 1.18 bits per heavy atom. The molecule has 102 valence electrons. The van der Waals surface area contributed by atoms with Crippen molar-refractivity contribution < 1.29 is 9.47 Å².